The SMILES string of the molecule is CC(C)c1ccccc1N1C(=O)CS/C1=N\N=C\c1ccc2c(ccc3c(-c4ccc(OC(F)(F)F)cc4)n(C)nc32)n1. The number of aryl methyl sites for hydroxylation is 1. The molecule has 0 radical (unpaired) electrons. The molecule has 43 heavy (non-hydrogen) atoms. The molecule has 5 aromatic rings. The largest absolute Gasteiger partial charge is 0.573 e. The van der Waals surface area contributed by atoms with E-state index in [1.165, 1.54) is 23.9 Å². The lowest BCUT2D eigenvalue weighted by Gasteiger charge is -2.20. The summed E-state index contributed by atoms with van der Waals surface area (Å²) in [4.78, 5) is 19.1. The van der Waals surface area contributed by atoms with Crippen molar-refractivity contribution in [1.29, 1.82) is 0 Å². The second-order valence-electron chi connectivity index (χ2n) is 10.2. The average molecular weight is 603 g/mol. The van der Waals surface area contributed by atoms with E-state index < -0.39 is 6.36 Å². The first-order valence-electron chi connectivity index (χ1n) is 13.4. The summed E-state index contributed by atoms with van der Waals surface area (Å²) >= 11 is 1.34. The van der Waals surface area contributed by atoms with Crippen molar-refractivity contribution in [2.24, 2.45) is 17.3 Å². The predicted octanol–water partition coefficient (Wildman–Crippen LogP) is 7.28. The van der Waals surface area contributed by atoms with Crippen molar-refractivity contribution in [2.75, 3.05) is 10.7 Å². The molecule has 8 nitrogen and oxygen atoms in total. The second kappa shape index (κ2) is 11.2. The Morgan fingerprint density at radius 2 is 1.74 bits per heavy atom. The number of carbonyl (C=O) groups is 1. The van der Waals surface area contributed by atoms with Crippen LogP contribution in [0.4, 0.5) is 18.9 Å². The number of hydrogen-bond acceptors (Lipinski definition) is 7. The van der Waals surface area contributed by atoms with Crippen molar-refractivity contribution in [3.63, 3.8) is 0 Å². The summed E-state index contributed by atoms with van der Waals surface area (Å²) in [6.45, 7) is 4.17. The van der Waals surface area contributed by atoms with Crippen LogP contribution in [-0.2, 0) is 11.8 Å². The Balaban J connectivity index is 1.28. The standard InChI is InChI=1S/C31H25F3N6O2S/c1-18(2)22-6-4-5-7-26(22)40-27(41)17-43-30(40)37-35-16-20-10-13-23-25(36-20)15-14-24-28(23)38-39(3)29(24)19-8-11-21(12-9-19)42-31(32,33)34/h4-16,18H,17H2,1-3H3/b35-16+,37-30-. The van der Waals surface area contributed by atoms with Crippen molar-refractivity contribution in [3.8, 4) is 17.0 Å². The lowest BCUT2D eigenvalue weighted by Crippen LogP contribution is -2.30. The summed E-state index contributed by atoms with van der Waals surface area (Å²) in [5.41, 5.74) is 5.31. The van der Waals surface area contributed by atoms with Crippen LogP contribution < -0.4 is 9.64 Å². The average Bonchev–Trinajstić information content (AvgIpc) is 3.51. The molecule has 0 spiro atoms. The van der Waals surface area contributed by atoms with E-state index in [-0.39, 0.29) is 17.6 Å². The number of thioether (sulfide) groups is 1. The maximum Gasteiger partial charge on any atom is 0.573 e. The van der Waals surface area contributed by atoms with Gasteiger partial charge >= 0.3 is 6.36 Å². The lowest BCUT2D eigenvalue weighted by molar-refractivity contribution is -0.274. The predicted molar refractivity (Wildman–Crippen MR) is 164 cm³/mol. The van der Waals surface area contributed by atoms with Gasteiger partial charge in [0.15, 0.2) is 5.17 Å². The zero-order valence-electron chi connectivity index (χ0n) is 23.3. The van der Waals surface area contributed by atoms with Gasteiger partial charge in [-0.15, -0.1) is 18.3 Å². The Hall–Kier alpha value is -4.71. The van der Waals surface area contributed by atoms with E-state index in [1.807, 2.05) is 48.5 Å². The topological polar surface area (TPSA) is 85.0 Å². The number of alkyl halides is 3. The zero-order valence-corrected chi connectivity index (χ0v) is 24.1. The Morgan fingerprint density at radius 3 is 2.49 bits per heavy atom. The van der Waals surface area contributed by atoms with Crippen LogP contribution in [0.25, 0.3) is 33.1 Å². The number of amides is 1. The van der Waals surface area contributed by atoms with Crippen molar-refractivity contribution >= 4 is 56.5 Å². The summed E-state index contributed by atoms with van der Waals surface area (Å²) in [5, 5.41) is 15.4. The minimum absolute atomic E-state index is 0.0415. The Kier molecular flexibility index (Phi) is 7.38. The van der Waals surface area contributed by atoms with Gasteiger partial charge in [0, 0.05) is 23.4 Å². The van der Waals surface area contributed by atoms with E-state index in [9.17, 15) is 18.0 Å². The number of benzene rings is 3. The number of rotatable bonds is 6. The van der Waals surface area contributed by atoms with E-state index in [1.54, 1.807) is 35.0 Å². The fourth-order valence-corrected chi connectivity index (χ4v) is 5.91. The lowest BCUT2D eigenvalue weighted by atomic mass is 10.0. The third kappa shape index (κ3) is 5.70. The van der Waals surface area contributed by atoms with Crippen LogP contribution in [0, 0.1) is 0 Å². The van der Waals surface area contributed by atoms with E-state index in [0.29, 0.717) is 33.2 Å². The molecule has 0 saturated carbocycles. The molecule has 1 saturated heterocycles. The summed E-state index contributed by atoms with van der Waals surface area (Å²) in [7, 11) is 1.78. The van der Waals surface area contributed by atoms with Gasteiger partial charge in [-0.25, -0.2) is 4.98 Å². The molecular formula is C31H25F3N6O2S. The molecule has 1 amide bonds. The van der Waals surface area contributed by atoms with Crippen LogP contribution in [0.3, 0.4) is 0 Å². The fourth-order valence-electron chi connectivity index (χ4n) is 5.10. The number of amidine groups is 1. The number of carbonyl (C=O) groups excluding carboxylic acids is 1. The number of anilines is 1. The van der Waals surface area contributed by atoms with Gasteiger partial charge in [-0.3, -0.25) is 14.4 Å². The highest BCUT2D eigenvalue weighted by atomic mass is 32.2. The molecule has 0 bridgehead atoms. The van der Waals surface area contributed by atoms with Gasteiger partial charge < -0.3 is 4.74 Å². The molecule has 1 aliphatic heterocycles. The molecule has 12 heteroatoms. The Bertz CT molecular complexity index is 1920. The van der Waals surface area contributed by atoms with E-state index >= 15 is 0 Å². The van der Waals surface area contributed by atoms with Gasteiger partial charge in [-0.2, -0.15) is 10.2 Å². The third-order valence-electron chi connectivity index (χ3n) is 6.95. The number of aromatic nitrogens is 3. The molecule has 0 N–H and O–H groups in total. The van der Waals surface area contributed by atoms with Gasteiger partial charge in [0.1, 0.15) is 11.3 Å². The summed E-state index contributed by atoms with van der Waals surface area (Å²) in [5.74, 6) is 0.201. The monoisotopic (exact) mass is 602 g/mol. The number of para-hydroxylation sites is 1. The minimum atomic E-state index is -4.75. The smallest absolute Gasteiger partial charge is 0.406 e. The van der Waals surface area contributed by atoms with E-state index in [2.05, 4.69) is 33.9 Å². The van der Waals surface area contributed by atoms with E-state index in [4.69, 9.17) is 4.98 Å². The maximum atomic E-state index is 12.7. The molecule has 1 fully saturated rings. The first-order valence-corrected chi connectivity index (χ1v) is 14.4. The van der Waals surface area contributed by atoms with Crippen LogP contribution in [0.15, 0.2) is 83.0 Å². The van der Waals surface area contributed by atoms with Crippen LogP contribution >= 0.6 is 11.8 Å². The number of fused-ring (bicyclic) bond motifs is 3. The van der Waals surface area contributed by atoms with Gasteiger partial charge in [-0.1, -0.05) is 43.8 Å². The molecule has 3 aromatic carbocycles. The van der Waals surface area contributed by atoms with Gasteiger partial charge in [0.25, 0.3) is 0 Å². The molecule has 2 aromatic heterocycles. The molecule has 0 atom stereocenters. The molecular weight excluding hydrogens is 577 g/mol. The first-order chi connectivity index (χ1) is 20.6. The first kappa shape index (κ1) is 28.4. The number of hydrogen-bond donors (Lipinski definition) is 0. The van der Waals surface area contributed by atoms with Crippen LogP contribution in [0.2, 0.25) is 0 Å². The van der Waals surface area contributed by atoms with Crippen LogP contribution in [0.1, 0.15) is 31.0 Å². The number of ether oxygens (including phenoxy) is 1. The molecule has 3 heterocycles. The second-order valence-corrected chi connectivity index (χ2v) is 11.1. The molecule has 218 valence electrons. The minimum Gasteiger partial charge on any atom is -0.406 e. The summed E-state index contributed by atoms with van der Waals surface area (Å²) < 4.78 is 43.4. The van der Waals surface area contributed by atoms with Crippen molar-refractivity contribution < 1.29 is 22.7 Å². The highest BCUT2D eigenvalue weighted by Gasteiger charge is 2.32. The maximum absolute atomic E-state index is 12.7. The fraction of sp³-hybridized carbons (Fsp3) is 0.194. The molecule has 0 unspecified atom stereocenters. The normalized spacial score (nSPS) is 15.2. The van der Waals surface area contributed by atoms with Gasteiger partial charge in [0.2, 0.25) is 5.91 Å². The number of nitrogens with zero attached hydrogens (tertiary/aromatic N) is 6. The van der Waals surface area contributed by atoms with Gasteiger partial charge in [-0.05, 0) is 66.1 Å². The molecule has 0 aliphatic carbocycles. The summed E-state index contributed by atoms with van der Waals surface area (Å²) in [6, 6.07) is 21.0. The van der Waals surface area contributed by atoms with Crippen LogP contribution in [0.5, 0.6) is 5.75 Å². The zero-order chi connectivity index (χ0) is 30.3. The number of halogens is 3. The summed E-state index contributed by atoms with van der Waals surface area (Å²) in [6.07, 6.45) is -3.21. The molecule has 1 aliphatic rings. The quantitative estimate of drug-likeness (QED) is 0.151. The Labute approximate surface area is 248 Å². The third-order valence-corrected chi connectivity index (χ3v) is 7.87. The van der Waals surface area contributed by atoms with Crippen LogP contribution in [-0.4, -0.2) is 44.2 Å². The van der Waals surface area contributed by atoms with Crippen molar-refractivity contribution in [1.82, 2.24) is 14.8 Å². The van der Waals surface area contributed by atoms with Crippen molar-refractivity contribution in [3.05, 3.63) is 84.1 Å². The number of pyridine rings is 1. The van der Waals surface area contributed by atoms with Crippen molar-refractivity contribution in [2.45, 2.75) is 26.1 Å². The Morgan fingerprint density at radius 1 is 1.00 bits per heavy atom. The molecule has 6 rings (SSSR count). The highest BCUT2D eigenvalue weighted by Crippen LogP contribution is 2.35. The highest BCUT2D eigenvalue weighted by molar-refractivity contribution is 8.15. The van der Waals surface area contributed by atoms with E-state index in [0.717, 1.165) is 27.7 Å². The van der Waals surface area contributed by atoms with Gasteiger partial charge in [0.05, 0.1) is 34.6 Å².